The highest BCUT2D eigenvalue weighted by atomic mass is 19.4. The molecule has 16 heteroatoms. The van der Waals surface area contributed by atoms with Crippen molar-refractivity contribution in [2.75, 3.05) is 29.9 Å². The molecule has 0 atom stereocenters. The molecule has 3 N–H and O–H groups in total. The van der Waals surface area contributed by atoms with Crippen LogP contribution in [0.25, 0.3) is 10.9 Å². The molecule has 2 fully saturated rings. The number of fused-ring (bicyclic) bond motifs is 1. The van der Waals surface area contributed by atoms with Crippen molar-refractivity contribution in [3.05, 3.63) is 77.3 Å². The van der Waals surface area contributed by atoms with E-state index in [1.807, 2.05) is 10.9 Å². The maximum absolute atomic E-state index is 14.7. The topological polar surface area (TPSA) is 146 Å². The summed E-state index contributed by atoms with van der Waals surface area (Å²) in [4.78, 5) is 47.3. The van der Waals surface area contributed by atoms with Crippen molar-refractivity contribution in [1.29, 1.82) is 0 Å². The molecule has 1 aromatic carbocycles. The Balaban J connectivity index is 1.15. The number of carbonyl (C=O) groups excluding carboxylic acids is 3. The van der Waals surface area contributed by atoms with E-state index in [1.165, 1.54) is 11.1 Å². The van der Waals surface area contributed by atoms with Gasteiger partial charge in [0.25, 0.3) is 5.91 Å². The summed E-state index contributed by atoms with van der Waals surface area (Å²) < 4.78 is 55.3. The third-order valence-electron chi connectivity index (χ3n) is 8.47. The van der Waals surface area contributed by atoms with Crippen LogP contribution in [0, 0.1) is 5.95 Å². The van der Waals surface area contributed by atoms with Crippen LogP contribution in [-0.2, 0) is 23.1 Å². The van der Waals surface area contributed by atoms with Gasteiger partial charge in [-0.05, 0) is 57.0 Å². The number of carbonyl (C=O) groups is 3. The summed E-state index contributed by atoms with van der Waals surface area (Å²) in [6.07, 6.45) is 0.858. The van der Waals surface area contributed by atoms with Crippen LogP contribution >= 0.6 is 0 Å². The van der Waals surface area contributed by atoms with Crippen LogP contribution in [0.4, 0.5) is 33.7 Å². The third-order valence-corrected chi connectivity index (χ3v) is 8.47. The predicted molar refractivity (Wildman–Crippen MR) is 165 cm³/mol. The number of pyridine rings is 2. The SMILES string of the molecule is CC(C)(O)c1cc2nn(C3CCN(Cc4cc(N5CCC(=O)NC5=O)cnc4F)CC3)cc2cc1NC(=O)c1ccc(C(F)(F)F)nc1. The number of urea groups is 1. The molecule has 0 aliphatic carbocycles. The molecular weight excluding hydrogens is 636 g/mol. The van der Waals surface area contributed by atoms with Crippen molar-refractivity contribution in [3.63, 3.8) is 0 Å². The Morgan fingerprint density at radius 2 is 1.81 bits per heavy atom. The van der Waals surface area contributed by atoms with Gasteiger partial charge in [0.1, 0.15) is 5.69 Å². The van der Waals surface area contributed by atoms with Gasteiger partial charge in [-0.3, -0.25) is 34.4 Å². The molecule has 0 saturated carbocycles. The van der Waals surface area contributed by atoms with Gasteiger partial charge in [-0.25, -0.2) is 9.78 Å². The number of aliphatic hydroxyl groups is 1. The molecule has 5 heterocycles. The van der Waals surface area contributed by atoms with Crippen molar-refractivity contribution in [2.45, 2.75) is 57.5 Å². The van der Waals surface area contributed by atoms with Crippen LogP contribution in [0.3, 0.4) is 0 Å². The molecule has 3 aromatic heterocycles. The van der Waals surface area contributed by atoms with Crippen molar-refractivity contribution < 1.29 is 37.1 Å². The molecule has 2 aliphatic rings. The molecule has 2 saturated heterocycles. The molecule has 0 radical (unpaired) electrons. The Hall–Kier alpha value is -4.96. The highest BCUT2D eigenvalue weighted by Crippen LogP contribution is 2.34. The van der Waals surface area contributed by atoms with Crippen molar-refractivity contribution in [2.24, 2.45) is 0 Å². The first-order chi connectivity index (χ1) is 22.7. The summed E-state index contributed by atoms with van der Waals surface area (Å²) in [6.45, 7) is 4.81. The quantitative estimate of drug-likeness (QED) is 0.189. The Bertz CT molecular complexity index is 1880. The van der Waals surface area contributed by atoms with E-state index in [1.54, 1.807) is 32.0 Å². The number of halogens is 4. The standard InChI is InChI=1S/C32H32F4N8O4/c1-31(2,48)23-13-24-19(12-25(23)39-29(46)18-3-4-26(37-14-18)32(34,35)36)17-44(41-24)21-5-8-42(9-6-21)16-20-11-22(15-38-28(20)33)43-10-7-27(45)40-30(43)47/h3-4,11-15,17,21,48H,5-10,16H2,1-2H3,(H,39,46)(H,40,45,47). The summed E-state index contributed by atoms with van der Waals surface area (Å²) in [6, 6.07) is 6.12. The molecule has 0 bridgehead atoms. The predicted octanol–water partition coefficient (Wildman–Crippen LogP) is 4.75. The maximum Gasteiger partial charge on any atom is 0.433 e. The van der Waals surface area contributed by atoms with E-state index in [-0.39, 0.29) is 42.7 Å². The first-order valence-corrected chi connectivity index (χ1v) is 15.2. The second kappa shape index (κ2) is 12.6. The monoisotopic (exact) mass is 668 g/mol. The summed E-state index contributed by atoms with van der Waals surface area (Å²) >= 11 is 0. The minimum absolute atomic E-state index is 0.0133. The van der Waals surface area contributed by atoms with Gasteiger partial charge in [0.05, 0.1) is 34.6 Å². The number of alkyl halides is 3. The second-order valence-corrected chi connectivity index (χ2v) is 12.4. The second-order valence-electron chi connectivity index (χ2n) is 12.4. The van der Waals surface area contributed by atoms with E-state index in [9.17, 15) is 37.1 Å². The van der Waals surface area contributed by atoms with Gasteiger partial charge in [0.2, 0.25) is 11.9 Å². The molecule has 12 nitrogen and oxygen atoms in total. The largest absolute Gasteiger partial charge is 0.433 e. The number of hydrogen-bond acceptors (Lipinski definition) is 8. The van der Waals surface area contributed by atoms with E-state index in [0.29, 0.717) is 53.6 Å². The van der Waals surface area contributed by atoms with E-state index >= 15 is 0 Å². The minimum Gasteiger partial charge on any atom is -0.386 e. The number of piperidine rings is 1. The molecule has 48 heavy (non-hydrogen) atoms. The number of imide groups is 1. The Morgan fingerprint density at radius 3 is 2.46 bits per heavy atom. The van der Waals surface area contributed by atoms with Gasteiger partial charge in [0.15, 0.2) is 0 Å². The zero-order chi connectivity index (χ0) is 34.4. The van der Waals surface area contributed by atoms with Crippen LogP contribution in [0.2, 0.25) is 0 Å². The first-order valence-electron chi connectivity index (χ1n) is 15.2. The fourth-order valence-corrected chi connectivity index (χ4v) is 5.91. The molecule has 6 rings (SSSR count). The summed E-state index contributed by atoms with van der Waals surface area (Å²) in [5, 5.41) is 21.3. The molecule has 0 spiro atoms. The number of benzene rings is 1. The Morgan fingerprint density at radius 1 is 1.06 bits per heavy atom. The lowest BCUT2D eigenvalue weighted by molar-refractivity contribution is -0.141. The number of nitrogens with one attached hydrogen (secondary N) is 2. The van der Waals surface area contributed by atoms with Gasteiger partial charge in [-0.15, -0.1) is 0 Å². The number of amides is 4. The normalized spacial score (nSPS) is 16.8. The van der Waals surface area contributed by atoms with Crippen molar-refractivity contribution in [1.82, 2.24) is 30.0 Å². The molecule has 2 aliphatic heterocycles. The lowest BCUT2D eigenvalue weighted by atomic mass is 9.95. The first kappa shape index (κ1) is 33.0. The third kappa shape index (κ3) is 6.99. The molecule has 252 valence electrons. The molecule has 0 unspecified atom stereocenters. The Labute approximate surface area is 271 Å². The fraction of sp³-hybridized carbons (Fsp3) is 0.375. The maximum atomic E-state index is 14.7. The van der Waals surface area contributed by atoms with Crippen LogP contribution in [-0.4, -0.2) is 67.2 Å². The smallest absolute Gasteiger partial charge is 0.386 e. The summed E-state index contributed by atoms with van der Waals surface area (Å²) in [5.41, 5.74) is -0.609. The highest BCUT2D eigenvalue weighted by Gasteiger charge is 2.33. The van der Waals surface area contributed by atoms with Crippen molar-refractivity contribution >= 4 is 40.1 Å². The van der Waals surface area contributed by atoms with E-state index in [0.717, 1.165) is 18.3 Å². The fourth-order valence-electron chi connectivity index (χ4n) is 5.91. The molecule has 4 amide bonds. The van der Waals surface area contributed by atoms with E-state index in [2.05, 4.69) is 25.5 Å². The van der Waals surface area contributed by atoms with Gasteiger partial charge in [-0.2, -0.15) is 22.7 Å². The lowest BCUT2D eigenvalue weighted by Crippen LogP contribution is -2.49. The average Bonchev–Trinajstić information content (AvgIpc) is 3.44. The van der Waals surface area contributed by atoms with Crippen LogP contribution in [0.5, 0.6) is 0 Å². The van der Waals surface area contributed by atoms with E-state index < -0.39 is 35.4 Å². The number of rotatable bonds is 7. The Kier molecular flexibility index (Phi) is 8.63. The minimum atomic E-state index is -4.63. The molecular formula is C32H32F4N8O4. The highest BCUT2D eigenvalue weighted by molar-refractivity contribution is 6.06. The number of nitrogens with zero attached hydrogens (tertiary/aromatic N) is 6. The lowest BCUT2D eigenvalue weighted by Gasteiger charge is -2.32. The van der Waals surface area contributed by atoms with Gasteiger partial charge < -0.3 is 10.4 Å². The van der Waals surface area contributed by atoms with Crippen LogP contribution in [0.15, 0.2) is 48.9 Å². The average molecular weight is 669 g/mol. The van der Waals surface area contributed by atoms with E-state index in [4.69, 9.17) is 5.10 Å². The van der Waals surface area contributed by atoms with Crippen LogP contribution in [0.1, 0.15) is 66.3 Å². The zero-order valence-corrected chi connectivity index (χ0v) is 26.0. The van der Waals surface area contributed by atoms with Gasteiger partial charge >= 0.3 is 12.2 Å². The van der Waals surface area contributed by atoms with Gasteiger partial charge in [0, 0.05) is 67.2 Å². The van der Waals surface area contributed by atoms with Crippen molar-refractivity contribution in [3.8, 4) is 0 Å². The zero-order valence-electron chi connectivity index (χ0n) is 26.0. The summed E-state index contributed by atoms with van der Waals surface area (Å²) in [5.74, 6) is -1.68. The number of aromatic nitrogens is 4. The number of anilines is 2. The van der Waals surface area contributed by atoms with Gasteiger partial charge in [-0.1, -0.05) is 0 Å². The number of hydrogen-bond donors (Lipinski definition) is 3. The van der Waals surface area contributed by atoms with Crippen LogP contribution < -0.4 is 15.5 Å². The number of likely N-dealkylation sites (tertiary alicyclic amines) is 1. The molecule has 4 aromatic rings. The summed E-state index contributed by atoms with van der Waals surface area (Å²) in [7, 11) is 0.